The topological polar surface area (TPSA) is 72.0 Å². The predicted octanol–water partition coefficient (Wildman–Crippen LogP) is 2.67. The molecular weight excluding hydrogens is 286 g/mol. The maximum atomic E-state index is 11.5. The van der Waals surface area contributed by atoms with E-state index in [-0.39, 0.29) is 6.04 Å². The number of hydrogen-bond donors (Lipinski definition) is 1. The highest BCUT2D eigenvalue weighted by molar-refractivity contribution is 7.90. The lowest BCUT2D eigenvalue weighted by Crippen LogP contribution is -2.10. The minimum absolute atomic E-state index is 0.0200. The van der Waals surface area contributed by atoms with Crippen LogP contribution < -0.4 is 5.32 Å². The van der Waals surface area contributed by atoms with Gasteiger partial charge in [0.15, 0.2) is 9.84 Å². The van der Waals surface area contributed by atoms with Gasteiger partial charge in [0.05, 0.1) is 4.90 Å². The Labute approximate surface area is 125 Å². The first-order valence-electron chi connectivity index (χ1n) is 6.64. The average Bonchev–Trinajstić information content (AvgIpc) is 2.43. The summed E-state index contributed by atoms with van der Waals surface area (Å²) in [6, 6.07) is 6.91. The van der Waals surface area contributed by atoms with Crippen LogP contribution in [0.3, 0.4) is 0 Å². The van der Waals surface area contributed by atoms with Gasteiger partial charge in [0.2, 0.25) is 0 Å². The lowest BCUT2D eigenvalue weighted by molar-refractivity contribution is 0.602. The van der Waals surface area contributed by atoms with E-state index in [0.717, 1.165) is 22.6 Å². The fraction of sp³-hybridized carbons (Fsp3) is 0.333. The molecule has 0 unspecified atom stereocenters. The molecular formula is C15H19N3O2S. The fourth-order valence-corrected chi connectivity index (χ4v) is 2.61. The van der Waals surface area contributed by atoms with Crippen molar-refractivity contribution in [3.8, 4) is 0 Å². The van der Waals surface area contributed by atoms with Crippen LogP contribution in [0.1, 0.15) is 29.8 Å². The number of aromatic nitrogens is 2. The third kappa shape index (κ3) is 3.58. The van der Waals surface area contributed by atoms with Crippen molar-refractivity contribution >= 4 is 15.7 Å². The lowest BCUT2D eigenvalue weighted by Gasteiger charge is -2.17. The van der Waals surface area contributed by atoms with Gasteiger partial charge in [-0.25, -0.2) is 18.4 Å². The molecule has 0 aliphatic rings. The Bertz CT molecular complexity index is 740. The summed E-state index contributed by atoms with van der Waals surface area (Å²) < 4.78 is 22.9. The van der Waals surface area contributed by atoms with Gasteiger partial charge in [0.1, 0.15) is 12.1 Å². The van der Waals surface area contributed by atoms with Crippen LogP contribution in [0.4, 0.5) is 5.82 Å². The van der Waals surface area contributed by atoms with Crippen molar-refractivity contribution in [1.82, 2.24) is 9.97 Å². The van der Waals surface area contributed by atoms with E-state index in [4.69, 9.17) is 0 Å². The van der Waals surface area contributed by atoms with Gasteiger partial charge in [-0.15, -0.1) is 0 Å². The zero-order chi connectivity index (χ0) is 15.6. The highest BCUT2D eigenvalue weighted by atomic mass is 32.2. The summed E-state index contributed by atoms with van der Waals surface area (Å²) in [6.45, 7) is 5.91. The summed E-state index contributed by atoms with van der Waals surface area (Å²) in [5.74, 6) is 0.794. The van der Waals surface area contributed by atoms with Crippen molar-refractivity contribution in [2.45, 2.75) is 31.7 Å². The Morgan fingerprint density at radius 2 is 1.71 bits per heavy atom. The molecule has 0 saturated heterocycles. The molecule has 1 N–H and O–H groups in total. The van der Waals surface area contributed by atoms with Gasteiger partial charge in [0, 0.05) is 23.6 Å². The van der Waals surface area contributed by atoms with Gasteiger partial charge in [0.25, 0.3) is 0 Å². The molecule has 5 nitrogen and oxygen atoms in total. The highest BCUT2D eigenvalue weighted by Crippen LogP contribution is 2.22. The van der Waals surface area contributed by atoms with Crippen LogP contribution in [0, 0.1) is 13.8 Å². The fourth-order valence-electron chi connectivity index (χ4n) is 1.98. The van der Waals surface area contributed by atoms with Crippen LogP contribution in [0.15, 0.2) is 35.5 Å². The summed E-state index contributed by atoms with van der Waals surface area (Å²) in [5, 5.41) is 3.32. The van der Waals surface area contributed by atoms with E-state index in [2.05, 4.69) is 15.3 Å². The van der Waals surface area contributed by atoms with Crippen LogP contribution in [-0.2, 0) is 9.84 Å². The second kappa shape index (κ2) is 5.81. The maximum absolute atomic E-state index is 11.5. The molecule has 0 spiro atoms. The quantitative estimate of drug-likeness (QED) is 0.940. The van der Waals surface area contributed by atoms with Crippen LogP contribution in [0.5, 0.6) is 0 Å². The summed E-state index contributed by atoms with van der Waals surface area (Å²) in [5.41, 5.74) is 2.95. The minimum atomic E-state index is -3.16. The third-order valence-electron chi connectivity index (χ3n) is 3.50. The average molecular weight is 305 g/mol. The Morgan fingerprint density at radius 3 is 2.29 bits per heavy atom. The van der Waals surface area contributed by atoms with Crippen LogP contribution in [-0.4, -0.2) is 24.6 Å². The monoisotopic (exact) mass is 305 g/mol. The van der Waals surface area contributed by atoms with Gasteiger partial charge in [-0.05, 0) is 38.5 Å². The largest absolute Gasteiger partial charge is 0.363 e. The first-order chi connectivity index (χ1) is 9.79. The molecule has 0 fully saturated rings. The van der Waals surface area contributed by atoms with Gasteiger partial charge >= 0.3 is 0 Å². The lowest BCUT2D eigenvalue weighted by atomic mass is 10.1. The number of nitrogens with zero attached hydrogens (tertiary/aromatic N) is 2. The van der Waals surface area contributed by atoms with E-state index in [1.807, 2.05) is 32.9 Å². The second-order valence-corrected chi connectivity index (χ2v) is 7.16. The summed E-state index contributed by atoms with van der Waals surface area (Å²) in [7, 11) is -3.16. The van der Waals surface area contributed by atoms with E-state index in [0.29, 0.717) is 4.90 Å². The number of nitrogens with one attached hydrogen (secondary N) is 1. The molecule has 1 atom stereocenters. The summed E-state index contributed by atoms with van der Waals surface area (Å²) in [6.07, 6.45) is 2.74. The predicted molar refractivity (Wildman–Crippen MR) is 83.1 cm³/mol. The Kier molecular flexibility index (Phi) is 4.27. The summed E-state index contributed by atoms with van der Waals surface area (Å²) in [4.78, 5) is 8.71. The van der Waals surface area contributed by atoms with E-state index in [1.54, 1.807) is 12.1 Å². The second-order valence-electron chi connectivity index (χ2n) is 5.14. The molecule has 1 aromatic carbocycles. The van der Waals surface area contributed by atoms with Gasteiger partial charge < -0.3 is 5.32 Å². The van der Waals surface area contributed by atoms with Crippen molar-refractivity contribution < 1.29 is 8.42 Å². The molecule has 0 bridgehead atoms. The van der Waals surface area contributed by atoms with E-state index < -0.39 is 9.84 Å². The number of sulfone groups is 1. The molecule has 0 radical (unpaired) electrons. The third-order valence-corrected chi connectivity index (χ3v) is 4.63. The molecule has 0 aliphatic heterocycles. The highest BCUT2D eigenvalue weighted by Gasteiger charge is 2.11. The van der Waals surface area contributed by atoms with Crippen molar-refractivity contribution in [3.05, 3.63) is 47.4 Å². The Hall–Kier alpha value is -1.95. The van der Waals surface area contributed by atoms with Gasteiger partial charge in [-0.1, -0.05) is 12.1 Å². The number of rotatable bonds is 4. The maximum Gasteiger partial charge on any atom is 0.175 e. The van der Waals surface area contributed by atoms with Crippen LogP contribution >= 0.6 is 0 Å². The first-order valence-corrected chi connectivity index (χ1v) is 8.53. The molecule has 2 rings (SSSR count). The van der Waals surface area contributed by atoms with E-state index in [1.165, 1.54) is 12.6 Å². The molecule has 0 amide bonds. The zero-order valence-corrected chi connectivity index (χ0v) is 13.4. The van der Waals surface area contributed by atoms with Gasteiger partial charge in [-0.2, -0.15) is 0 Å². The molecule has 0 saturated carbocycles. The van der Waals surface area contributed by atoms with E-state index in [9.17, 15) is 8.42 Å². The molecule has 1 aromatic heterocycles. The molecule has 2 aromatic rings. The number of hydrogen-bond acceptors (Lipinski definition) is 5. The Morgan fingerprint density at radius 1 is 1.10 bits per heavy atom. The standard InChI is InChI=1S/C15H19N3O2S/c1-10-11(2)16-9-17-15(10)18-12(3)13-5-7-14(8-6-13)21(4,19)20/h5-9,12H,1-4H3,(H,16,17,18)/t12-/m0/s1. The molecule has 112 valence electrons. The van der Waals surface area contributed by atoms with Crippen molar-refractivity contribution in [3.63, 3.8) is 0 Å². The smallest absolute Gasteiger partial charge is 0.175 e. The van der Waals surface area contributed by atoms with Crippen molar-refractivity contribution in [2.24, 2.45) is 0 Å². The number of anilines is 1. The van der Waals surface area contributed by atoms with Crippen LogP contribution in [0.25, 0.3) is 0 Å². The SMILES string of the molecule is Cc1ncnc(N[C@@H](C)c2ccc(S(C)(=O)=O)cc2)c1C. The minimum Gasteiger partial charge on any atom is -0.363 e. The Balaban J connectivity index is 2.21. The van der Waals surface area contributed by atoms with Crippen LogP contribution in [0.2, 0.25) is 0 Å². The molecule has 0 aliphatic carbocycles. The number of benzene rings is 1. The first kappa shape index (κ1) is 15.4. The normalized spacial score (nSPS) is 13.0. The van der Waals surface area contributed by atoms with Gasteiger partial charge in [-0.3, -0.25) is 0 Å². The molecule has 6 heteroatoms. The van der Waals surface area contributed by atoms with Crippen molar-refractivity contribution in [1.29, 1.82) is 0 Å². The molecule has 1 heterocycles. The molecule has 21 heavy (non-hydrogen) atoms. The number of aryl methyl sites for hydroxylation is 1. The van der Waals surface area contributed by atoms with Crippen molar-refractivity contribution in [2.75, 3.05) is 11.6 Å². The summed E-state index contributed by atoms with van der Waals surface area (Å²) >= 11 is 0. The zero-order valence-electron chi connectivity index (χ0n) is 12.6. The van der Waals surface area contributed by atoms with E-state index >= 15 is 0 Å².